The highest BCUT2D eigenvalue weighted by Crippen LogP contribution is 2.31. The maximum atomic E-state index is 13.1. The fourth-order valence-corrected chi connectivity index (χ4v) is 1.98. The first-order valence-corrected chi connectivity index (χ1v) is 5.52. The van der Waals surface area contributed by atoms with Crippen LogP contribution < -0.4 is 0 Å². The molecule has 0 amide bonds. The number of alkyl halides is 1. The Hall–Kier alpha value is -1.09. The van der Waals surface area contributed by atoms with Crippen molar-refractivity contribution in [2.24, 2.45) is 0 Å². The van der Waals surface area contributed by atoms with Gasteiger partial charge in [0.25, 0.3) is 0 Å². The number of hydrogen-bond acceptors (Lipinski definition) is 1. The third kappa shape index (κ3) is 2.12. The summed E-state index contributed by atoms with van der Waals surface area (Å²) in [5.41, 5.74) is 2.71. The number of aryl methyl sites for hydroxylation is 1. The molecule has 0 aliphatic heterocycles. The first-order valence-electron chi connectivity index (χ1n) is 4.60. The summed E-state index contributed by atoms with van der Waals surface area (Å²) in [6.45, 7) is 1.76. The van der Waals surface area contributed by atoms with Crippen LogP contribution in [0.5, 0.6) is 0 Å². The van der Waals surface area contributed by atoms with E-state index in [-0.39, 0.29) is 10.6 Å². The minimum absolute atomic E-state index is 0.0514. The lowest BCUT2D eigenvalue weighted by Gasteiger charge is -2.08. The molecule has 1 aromatic carbocycles. The van der Waals surface area contributed by atoms with E-state index < -0.39 is 0 Å². The van der Waals surface area contributed by atoms with Gasteiger partial charge in [-0.1, -0.05) is 28.1 Å². The van der Waals surface area contributed by atoms with Gasteiger partial charge in [0, 0.05) is 5.56 Å². The Labute approximate surface area is 96.0 Å². The molecular weight excluding hydrogens is 259 g/mol. The Morgan fingerprint density at radius 2 is 2.07 bits per heavy atom. The van der Waals surface area contributed by atoms with Crippen molar-refractivity contribution in [1.29, 1.82) is 0 Å². The number of furan rings is 1. The third-order valence-corrected chi connectivity index (χ3v) is 3.37. The van der Waals surface area contributed by atoms with E-state index in [0.717, 1.165) is 11.1 Å². The van der Waals surface area contributed by atoms with Crippen LogP contribution in [-0.2, 0) is 0 Å². The van der Waals surface area contributed by atoms with Gasteiger partial charge < -0.3 is 4.42 Å². The molecule has 0 spiro atoms. The summed E-state index contributed by atoms with van der Waals surface area (Å²) in [6.07, 6.45) is 3.30. The van der Waals surface area contributed by atoms with Crippen LogP contribution in [0.15, 0.2) is 41.2 Å². The summed E-state index contributed by atoms with van der Waals surface area (Å²) in [6, 6.07) is 6.98. The maximum absolute atomic E-state index is 13.1. The van der Waals surface area contributed by atoms with Crippen molar-refractivity contribution < 1.29 is 8.81 Å². The molecule has 3 heteroatoms. The van der Waals surface area contributed by atoms with Gasteiger partial charge in [-0.25, -0.2) is 4.39 Å². The molecule has 15 heavy (non-hydrogen) atoms. The van der Waals surface area contributed by atoms with E-state index >= 15 is 0 Å². The number of rotatable bonds is 2. The van der Waals surface area contributed by atoms with Crippen molar-refractivity contribution in [2.75, 3.05) is 0 Å². The standard InChI is InChI=1S/C12H10BrFO/c1-8-6-9(2-3-11(8)14)12(13)10-4-5-15-7-10/h2-7,12H,1H3. The summed E-state index contributed by atoms with van der Waals surface area (Å²) < 4.78 is 18.1. The molecule has 1 aromatic heterocycles. The fraction of sp³-hybridized carbons (Fsp3) is 0.167. The molecule has 1 atom stereocenters. The highest BCUT2D eigenvalue weighted by Gasteiger charge is 2.12. The van der Waals surface area contributed by atoms with Crippen LogP contribution in [0.4, 0.5) is 4.39 Å². The molecule has 0 aliphatic rings. The molecule has 0 bridgehead atoms. The van der Waals surface area contributed by atoms with Gasteiger partial charge in [-0.3, -0.25) is 0 Å². The first-order chi connectivity index (χ1) is 7.18. The van der Waals surface area contributed by atoms with Gasteiger partial charge in [-0.2, -0.15) is 0 Å². The number of halogens is 2. The molecule has 78 valence electrons. The average Bonchev–Trinajstić information content (AvgIpc) is 2.74. The zero-order chi connectivity index (χ0) is 10.8. The van der Waals surface area contributed by atoms with Crippen LogP contribution >= 0.6 is 15.9 Å². The average molecular weight is 269 g/mol. The second kappa shape index (κ2) is 4.19. The van der Waals surface area contributed by atoms with Crippen molar-refractivity contribution >= 4 is 15.9 Å². The van der Waals surface area contributed by atoms with Gasteiger partial charge in [0.05, 0.1) is 17.4 Å². The van der Waals surface area contributed by atoms with E-state index in [4.69, 9.17) is 4.42 Å². The Kier molecular flexibility index (Phi) is 2.91. The molecule has 1 nitrogen and oxygen atoms in total. The zero-order valence-electron chi connectivity index (χ0n) is 8.21. The summed E-state index contributed by atoms with van der Waals surface area (Å²) in [5, 5.41) is 0. The van der Waals surface area contributed by atoms with E-state index in [9.17, 15) is 4.39 Å². The van der Waals surface area contributed by atoms with E-state index in [1.54, 1.807) is 25.5 Å². The van der Waals surface area contributed by atoms with Crippen LogP contribution in [0.2, 0.25) is 0 Å². The lowest BCUT2D eigenvalue weighted by Crippen LogP contribution is -1.92. The van der Waals surface area contributed by atoms with Crippen molar-refractivity contribution in [2.45, 2.75) is 11.8 Å². The second-order valence-corrected chi connectivity index (χ2v) is 4.34. The topological polar surface area (TPSA) is 13.1 Å². The van der Waals surface area contributed by atoms with Crippen molar-refractivity contribution in [3.05, 3.63) is 59.3 Å². The molecule has 0 radical (unpaired) electrons. The molecule has 1 unspecified atom stereocenters. The smallest absolute Gasteiger partial charge is 0.126 e. The number of hydrogen-bond donors (Lipinski definition) is 0. The molecule has 0 saturated heterocycles. The maximum Gasteiger partial charge on any atom is 0.126 e. The van der Waals surface area contributed by atoms with Crippen LogP contribution in [0, 0.1) is 12.7 Å². The Balaban J connectivity index is 2.34. The quantitative estimate of drug-likeness (QED) is 0.744. The minimum atomic E-state index is -0.175. The van der Waals surface area contributed by atoms with Gasteiger partial charge in [0.15, 0.2) is 0 Å². The highest BCUT2D eigenvalue weighted by atomic mass is 79.9. The Morgan fingerprint density at radius 1 is 1.27 bits per heavy atom. The van der Waals surface area contributed by atoms with E-state index in [1.165, 1.54) is 6.07 Å². The molecule has 0 fully saturated rings. The molecule has 0 N–H and O–H groups in total. The summed E-state index contributed by atoms with van der Waals surface area (Å²) >= 11 is 3.55. The molecule has 1 heterocycles. The summed E-state index contributed by atoms with van der Waals surface area (Å²) in [7, 11) is 0. The van der Waals surface area contributed by atoms with Gasteiger partial charge in [0.2, 0.25) is 0 Å². The monoisotopic (exact) mass is 268 g/mol. The van der Waals surface area contributed by atoms with Gasteiger partial charge in [0.1, 0.15) is 5.82 Å². The fourth-order valence-electron chi connectivity index (χ4n) is 1.44. The largest absolute Gasteiger partial charge is 0.472 e. The van der Waals surface area contributed by atoms with Crippen molar-refractivity contribution in [1.82, 2.24) is 0 Å². The zero-order valence-corrected chi connectivity index (χ0v) is 9.79. The van der Waals surface area contributed by atoms with Gasteiger partial charge >= 0.3 is 0 Å². The molecule has 0 saturated carbocycles. The van der Waals surface area contributed by atoms with Crippen LogP contribution in [-0.4, -0.2) is 0 Å². The van der Waals surface area contributed by atoms with Gasteiger partial charge in [-0.05, 0) is 30.2 Å². The van der Waals surface area contributed by atoms with Crippen molar-refractivity contribution in [3.63, 3.8) is 0 Å². The normalized spacial score (nSPS) is 12.7. The van der Waals surface area contributed by atoms with E-state index in [0.29, 0.717) is 5.56 Å². The lowest BCUT2D eigenvalue weighted by molar-refractivity contribution is 0.564. The predicted molar refractivity (Wildman–Crippen MR) is 60.6 cm³/mol. The van der Waals surface area contributed by atoms with Crippen LogP contribution in [0.1, 0.15) is 21.5 Å². The van der Waals surface area contributed by atoms with Crippen LogP contribution in [0.3, 0.4) is 0 Å². The Morgan fingerprint density at radius 3 is 2.67 bits per heavy atom. The molecule has 2 aromatic rings. The second-order valence-electron chi connectivity index (χ2n) is 3.43. The Bertz CT molecular complexity index is 451. The predicted octanol–water partition coefficient (Wildman–Crippen LogP) is 4.21. The lowest BCUT2D eigenvalue weighted by atomic mass is 10.1. The third-order valence-electron chi connectivity index (χ3n) is 2.31. The SMILES string of the molecule is Cc1cc(C(Br)c2ccoc2)ccc1F. The summed E-state index contributed by atoms with van der Waals surface area (Å²) in [4.78, 5) is 0.0514. The van der Waals surface area contributed by atoms with E-state index in [1.807, 2.05) is 12.1 Å². The molecule has 2 rings (SSSR count). The first kappa shape index (κ1) is 10.4. The number of benzene rings is 1. The van der Waals surface area contributed by atoms with Crippen LogP contribution in [0.25, 0.3) is 0 Å². The summed E-state index contributed by atoms with van der Waals surface area (Å²) in [5.74, 6) is -0.175. The van der Waals surface area contributed by atoms with Gasteiger partial charge in [-0.15, -0.1) is 0 Å². The van der Waals surface area contributed by atoms with E-state index in [2.05, 4.69) is 15.9 Å². The highest BCUT2D eigenvalue weighted by molar-refractivity contribution is 9.09. The molecule has 0 aliphatic carbocycles. The molecular formula is C12H10BrFO. The van der Waals surface area contributed by atoms with Crippen molar-refractivity contribution in [3.8, 4) is 0 Å². The minimum Gasteiger partial charge on any atom is -0.472 e.